The monoisotopic (exact) mass is 328 g/mol. The first-order chi connectivity index (χ1) is 11.6. The predicted octanol–water partition coefficient (Wildman–Crippen LogP) is 5.08. The van der Waals surface area contributed by atoms with E-state index in [-0.39, 0.29) is 0 Å². The highest BCUT2D eigenvalue weighted by Crippen LogP contribution is 2.38. The lowest BCUT2D eigenvalue weighted by molar-refractivity contribution is 0.173. The number of hydrogen-bond acceptors (Lipinski definition) is 4. The molecule has 0 aromatic heterocycles. The Hall–Kier alpha value is -2.36. The molecule has 4 rings (SSSR count). The van der Waals surface area contributed by atoms with Crippen LogP contribution in [0.2, 0.25) is 0 Å². The molecule has 0 unspecified atom stereocenters. The van der Waals surface area contributed by atoms with E-state index in [0.717, 1.165) is 23.0 Å². The van der Waals surface area contributed by atoms with Gasteiger partial charge in [0.1, 0.15) is 0 Å². The van der Waals surface area contributed by atoms with Crippen molar-refractivity contribution >= 4 is 0 Å². The third-order valence-electron chi connectivity index (χ3n) is 4.11. The summed E-state index contributed by atoms with van der Waals surface area (Å²) in [7, 11) is 0. The minimum atomic E-state index is 0.358. The first-order valence-electron chi connectivity index (χ1n) is 8.34. The van der Waals surface area contributed by atoms with Crippen LogP contribution in [0.15, 0.2) is 36.4 Å². The van der Waals surface area contributed by atoms with Crippen LogP contribution in [0.1, 0.15) is 50.7 Å². The molecule has 0 bridgehead atoms. The quantitative estimate of drug-likeness (QED) is 0.770. The minimum absolute atomic E-state index is 0.358. The summed E-state index contributed by atoms with van der Waals surface area (Å²) in [5.74, 6) is 4.57. The minimum Gasteiger partial charge on any atom is -0.454 e. The molecule has 128 valence electrons. The van der Waals surface area contributed by atoms with Crippen LogP contribution in [-0.4, -0.2) is 13.6 Å². The van der Waals surface area contributed by atoms with E-state index < -0.39 is 0 Å². The number of fused-ring (bicyclic) bond motifs is 2. The summed E-state index contributed by atoms with van der Waals surface area (Å²) in [5, 5.41) is 0. The van der Waals surface area contributed by atoms with E-state index in [4.69, 9.17) is 18.9 Å². The molecule has 4 nitrogen and oxygen atoms in total. The lowest BCUT2D eigenvalue weighted by Gasteiger charge is -2.07. The molecule has 2 heterocycles. The van der Waals surface area contributed by atoms with Crippen LogP contribution in [-0.2, 0) is 0 Å². The van der Waals surface area contributed by atoms with Crippen molar-refractivity contribution in [3.63, 3.8) is 0 Å². The summed E-state index contributed by atoms with van der Waals surface area (Å²) in [6.45, 7) is 9.35. The van der Waals surface area contributed by atoms with Crippen molar-refractivity contribution in [2.45, 2.75) is 39.5 Å². The second kappa shape index (κ2) is 7.04. The van der Waals surface area contributed by atoms with Gasteiger partial charge < -0.3 is 18.9 Å². The normalized spacial score (nSPS) is 13.9. The molecule has 0 saturated heterocycles. The maximum Gasteiger partial charge on any atom is 0.231 e. The van der Waals surface area contributed by atoms with Gasteiger partial charge in [-0.2, -0.15) is 0 Å². The second-order valence-electron chi connectivity index (χ2n) is 6.50. The van der Waals surface area contributed by atoms with Gasteiger partial charge in [0.2, 0.25) is 13.6 Å². The average Bonchev–Trinajstić information content (AvgIpc) is 3.22. The Morgan fingerprint density at radius 1 is 0.708 bits per heavy atom. The Morgan fingerprint density at radius 3 is 2.17 bits per heavy atom. The van der Waals surface area contributed by atoms with Crippen LogP contribution >= 0.6 is 0 Å². The largest absolute Gasteiger partial charge is 0.454 e. The summed E-state index contributed by atoms with van der Waals surface area (Å²) >= 11 is 0. The number of rotatable bonds is 2. The number of para-hydroxylation sites is 1. The van der Waals surface area contributed by atoms with Gasteiger partial charge in [-0.1, -0.05) is 45.9 Å². The van der Waals surface area contributed by atoms with Gasteiger partial charge in [0, 0.05) is 5.56 Å². The fourth-order valence-electron chi connectivity index (χ4n) is 2.68. The van der Waals surface area contributed by atoms with Gasteiger partial charge in [-0.3, -0.25) is 0 Å². The van der Waals surface area contributed by atoms with E-state index in [2.05, 4.69) is 39.8 Å². The molecule has 2 aromatic rings. The number of hydrogen-bond donors (Lipinski definition) is 0. The highest BCUT2D eigenvalue weighted by Gasteiger charge is 2.18. The van der Waals surface area contributed by atoms with Gasteiger partial charge in [-0.25, -0.2) is 0 Å². The first-order valence-corrected chi connectivity index (χ1v) is 8.34. The molecule has 2 aromatic carbocycles. The van der Waals surface area contributed by atoms with Crippen molar-refractivity contribution in [2.24, 2.45) is 0 Å². The van der Waals surface area contributed by atoms with E-state index >= 15 is 0 Å². The molecule has 0 spiro atoms. The van der Waals surface area contributed by atoms with Crippen molar-refractivity contribution in [1.29, 1.82) is 0 Å². The maximum atomic E-state index is 5.37. The van der Waals surface area contributed by atoms with Gasteiger partial charge in [0.15, 0.2) is 23.0 Å². The summed E-state index contributed by atoms with van der Waals surface area (Å²) in [5.41, 5.74) is 2.52. The van der Waals surface area contributed by atoms with E-state index in [1.807, 2.05) is 24.3 Å². The van der Waals surface area contributed by atoms with Gasteiger partial charge in [0.25, 0.3) is 0 Å². The molecule has 0 saturated carbocycles. The molecule has 4 heteroatoms. The second-order valence-corrected chi connectivity index (χ2v) is 6.50. The van der Waals surface area contributed by atoms with E-state index in [1.54, 1.807) is 0 Å². The molecule has 24 heavy (non-hydrogen) atoms. The Kier molecular flexibility index (Phi) is 4.84. The molecule has 0 fully saturated rings. The van der Waals surface area contributed by atoms with Crippen LogP contribution in [0.4, 0.5) is 0 Å². The molecule has 0 atom stereocenters. The average molecular weight is 328 g/mol. The molecule has 0 amide bonds. The standard InChI is InChI=1S/2C10H12O2/c1-7(2)8-3-4-9-10(5-8)12-6-11-9;1-7(2)8-4-3-5-9-10(8)12-6-11-9/h2*3-5,7H,6H2,1-2H3. The predicted molar refractivity (Wildman–Crippen MR) is 93.3 cm³/mol. The van der Waals surface area contributed by atoms with Crippen LogP contribution < -0.4 is 18.9 Å². The zero-order valence-electron chi connectivity index (χ0n) is 14.7. The van der Waals surface area contributed by atoms with Crippen molar-refractivity contribution < 1.29 is 18.9 Å². The van der Waals surface area contributed by atoms with E-state index in [1.165, 1.54) is 11.1 Å². The van der Waals surface area contributed by atoms with Gasteiger partial charge >= 0.3 is 0 Å². The van der Waals surface area contributed by atoms with E-state index in [0.29, 0.717) is 25.4 Å². The third-order valence-corrected chi connectivity index (χ3v) is 4.11. The third kappa shape index (κ3) is 3.42. The van der Waals surface area contributed by atoms with Crippen LogP contribution in [0, 0.1) is 0 Å². The molecular formula is C20H24O4. The lowest BCUT2D eigenvalue weighted by Crippen LogP contribution is -1.95. The summed E-state index contributed by atoms with van der Waals surface area (Å²) in [4.78, 5) is 0. The van der Waals surface area contributed by atoms with Crippen LogP contribution in [0.5, 0.6) is 23.0 Å². The number of ether oxygens (including phenoxy) is 4. The molecule has 0 aliphatic carbocycles. The zero-order valence-corrected chi connectivity index (χ0v) is 14.7. The summed E-state index contributed by atoms with van der Waals surface area (Å²) in [6, 6.07) is 12.1. The van der Waals surface area contributed by atoms with Crippen LogP contribution in [0.3, 0.4) is 0 Å². The van der Waals surface area contributed by atoms with Gasteiger partial charge in [-0.15, -0.1) is 0 Å². The van der Waals surface area contributed by atoms with Crippen molar-refractivity contribution in [1.82, 2.24) is 0 Å². The molecule has 2 aliphatic heterocycles. The Morgan fingerprint density at radius 2 is 1.42 bits per heavy atom. The Labute approximate surface area is 143 Å². The summed E-state index contributed by atoms with van der Waals surface area (Å²) < 4.78 is 21.1. The van der Waals surface area contributed by atoms with Gasteiger partial charge in [-0.05, 0) is 35.6 Å². The van der Waals surface area contributed by atoms with Crippen LogP contribution in [0.25, 0.3) is 0 Å². The smallest absolute Gasteiger partial charge is 0.231 e. The first kappa shape index (κ1) is 16.5. The molecule has 0 N–H and O–H groups in total. The fraction of sp³-hybridized carbons (Fsp3) is 0.400. The molecule has 2 aliphatic rings. The van der Waals surface area contributed by atoms with E-state index in [9.17, 15) is 0 Å². The lowest BCUT2D eigenvalue weighted by atomic mass is 10.0. The Bertz CT molecular complexity index is 707. The fourth-order valence-corrected chi connectivity index (χ4v) is 2.68. The highest BCUT2D eigenvalue weighted by molar-refractivity contribution is 5.49. The Balaban J connectivity index is 0.000000141. The van der Waals surface area contributed by atoms with Crippen molar-refractivity contribution in [3.8, 4) is 23.0 Å². The van der Waals surface area contributed by atoms with Crippen molar-refractivity contribution in [3.05, 3.63) is 47.5 Å². The SMILES string of the molecule is CC(C)c1ccc2c(c1)OCO2.CC(C)c1cccc2c1OCO2. The highest BCUT2D eigenvalue weighted by atomic mass is 16.7. The summed E-state index contributed by atoms with van der Waals surface area (Å²) in [6.07, 6.45) is 0. The zero-order chi connectivity index (χ0) is 17.1. The molecular weight excluding hydrogens is 304 g/mol. The molecule has 0 radical (unpaired) electrons. The number of benzene rings is 2. The maximum absolute atomic E-state index is 5.37. The topological polar surface area (TPSA) is 36.9 Å². The van der Waals surface area contributed by atoms with Gasteiger partial charge in [0.05, 0.1) is 0 Å². The van der Waals surface area contributed by atoms with Crippen molar-refractivity contribution in [2.75, 3.05) is 13.6 Å².